The molecular weight excluding hydrogens is 258 g/mol. The summed E-state index contributed by atoms with van der Waals surface area (Å²) < 4.78 is 10.3. The zero-order valence-electron chi connectivity index (χ0n) is 11.8. The minimum atomic E-state index is -0.367. The van der Waals surface area contributed by atoms with Crippen molar-refractivity contribution in [3.63, 3.8) is 0 Å². The Bertz CT molecular complexity index is 483. The van der Waals surface area contributed by atoms with Crippen molar-refractivity contribution in [2.75, 3.05) is 24.7 Å². The molecule has 5 heteroatoms. The predicted octanol–water partition coefficient (Wildman–Crippen LogP) is 2.00. The molecule has 1 fully saturated rings. The van der Waals surface area contributed by atoms with Crippen molar-refractivity contribution in [2.24, 2.45) is 5.92 Å². The number of ether oxygens (including phenoxy) is 2. The summed E-state index contributed by atoms with van der Waals surface area (Å²) in [6.07, 6.45) is 0.214. The molecule has 0 bridgehead atoms. The predicted molar refractivity (Wildman–Crippen MR) is 74.7 cm³/mol. The van der Waals surface area contributed by atoms with Gasteiger partial charge in [0, 0.05) is 18.7 Å². The number of carbonyl (C=O) groups excluding carboxylic acids is 2. The van der Waals surface area contributed by atoms with E-state index < -0.39 is 0 Å². The van der Waals surface area contributed by atoms with Gasteiger partial charge in [0.05, 0.1) is 19.1 Å². The molecule has 0 N–H and O–H groups in total. The Morgan fingerprint density at radius 1 is 1.25 bits per heavy atom. The van der Waals surface area contributed by atoms with E-state index in [1.165, 1.54) is 0 Å². The average Bonchev–Trinajstić information content (AvgIpc) is 2.83. The molecule has 1 aliphatic heterocycles. The van der Waals surface area contributed by atoms with E-state index in [-0.39, 0.29) is 24.2 Å². The lowest BCUT2D eigenvalue weighted by Gasteiger charge is -2.17. The molecule has 0 unspecified atom stereocenters. The van der Waals surface area contributed by atoms with Gasteiger partial charge in [-0.3, -0.25) is 9.59 Å². The molecule has 0 spiro atoms. The number of esters is 1. The quantitative estimate of drug-likeness (QED) is 0.772. The molecule has 5 nitrogen and oxygen atoms in total. The third-order valence-corrected chi connectivity index (χ3v) is 3.20. The van der Waals surface area contributed by atoms with E-state index in [9.17, 15) is 9.59 Å². The average molecular weight is 277 g/mol. The molecule has 0 aliphatic carbocycles. The molecule has 1 amide bonds. The Morgan fingerprint density at radius 3 is 2.55 bits per heavy atom. The normalized spacial score (nSPS) is 18.2. The van der Waals surface area contributed by atoms with Crippen LogP contribution < -0.4 is 9.64 Å². The number of rotatable bonds is 5. The summed E-state index contributed by atoms with van der Waals surface area (Å²) in [5.74, 6) is 0.0559. The van der Waals surface area contributed by atoms with E-state index in [1.807, 2.05) is 31.2 Å². The standard InChI is InChI=1S/C15H19NO4/c1-3-19-13-7-5-12(6-8-13)16-10-11(9-14(16)17)15(18)20-4-2/h5-8,11H,3-4,9-10H2,1-2H3/t11-/m1/s1. The molecule has 1 aliphatic rings. The Balaban J connectivity index is 2.05. The van der Waals surface area contributed by atoms with Crippen molar-refractivity contribution in [1.82, 2.24) is 0 Å². The molecule has 108 valence electrons. The summed E-state index contributed by atoms with van der Waals surface area (Å²) in [5.41, 5.74) is 0.783. The summed E-state index contributed by atoms with van der Waals surface area (Å²) in [4.78, 5) is 25.3. The van der Waals surface area contributed by atoms with E-state index in [1.54, 1.807) is 11.8 Å². The first-order valence-electron chi connectivity index (χ1n) is 6.85. The third-order valence-electron chi connectivity index (χ3n) is 3.20. The Morgan fingerprint density at radius 2 is 1.95 bits per heavy atom. The zero-order chi connectivity index (χ0) is 14.5. The number of nitrogens with zero attached hydrogens (tertiary/aromatic N) is 1. The summed E-state index contributed by atoms with van der Waals surface area (Å²) in [5, 5.41) is 0. The maximum atomic E-state index is 12.0. The van der Waals surface area contributed by atoms with Crippen LogP contribution in [0.5, 0.6) is 5.75 Å². The molecule has 1 atom stereocenters. The van der Waals surface area contributed by atoms with Crippen molar-refractivity contribution in [2.45, 2.75) is 20.3 Å². The molecule has 1 aromatic rings. The minimum absolute atomic E-state index is 0.0489. The lowest BCUT2D eigenvalue weighted by Crippen LogP contribution is -2.26. The Kier molecular flexibility index (Phi) is 4.61. The monoisotopic (exact) mass is 277 g/mol. The smallest absolute Gasteiger partial charge is 0.311 e. The molecule has 0 aromatic heterocycles. The number of hydrogen-bond donors (Lipinski definition) is 0. The first-order valence-corrected chi connectivity index (χ1v) is 6.85. The zero-order valence-corrected chi connectivity index (χ0v) is 11.8. The molecule has 1 aromatic carbocycles. The molecule has 2 rings (SSSR count). The summed E-state index contributed by atoms with van der Waals surface area (Å²) >= 11 is 0. The maximum absolute atomic E-state index is 12.0. The van der Waals surface area contributed by atoms with Crippen LogP contribution >= 0.6 is 0 Å². The van der Waals surface area contributed by atoms with Crippen LogP contribution in [-0.2, 0) is 14.3 Å². The number of anilines is 1. The first-order chi connectivity index (χ1) is 9.65. The van der Waals surface area contributed by atoms with Gasteiger partial charge in [-0.25, -0.2) is 0 Å². The van der Waals surface area contributed by atoms with Crippen molar-refractivity contribution >= 4 is 17.6 Å². The van der Waals surface area contributed by atoms with E-state index in [0.717, 1.165) is 11.4 Å². The van der Waals surface area contributed by atoms with Crippen molar-refractivity contribution in [3.05, 3.63) is 24.3 Å². The second-order valence-electron chi connectivity index (χ2n) is 4.58. The van der Waals surface area contributed by atoms with Crippen molar-refractivity contribution in [1.29, 1.82) is 0 Å². The lowest BCUT2D eigenvalue weighted by molar-refractivity contribution is -0.147. The van der Waals surface area contributed by atoms with Gasteiger partial charge in [-0.1, -0.05) is 0 Å². The van der Waals surface area contributed by atoms with E-state index >= 15 is 0 Å². The number of carbonyl (C=O) groups is 2. The SMILES string of the molecule is CCOC(=O)[C@@H]1CC(=O)N(c2ccc(OCC)cc2)C1. The second kappa shape index (κ2) is 6.41. The highest BCUT2D eigenvalue weighted by Gasteiger charge is 2.35. The molecule has 1 heterocycles. The highest BCUT2D eigenvalue weighted by atomic mass is 16.5. The fraction of sp³-hybridized carbons (Fsp3) is 0.467. The van der Waals surface area contributed by atoms with Crippen LogP contribution in [-0.4, -0.2) is 31.6 Å². The van der Waals surface area contributed by atoms with Gasteiger partial charge >= 0.3 is 5.97 Å². The molecule has 20 heavy (non-hydrogen) atoms. The second-order valence-corrected chi connectivity index (χ2v) is 4.58. The van der Waals surface area contributed by atoms with Crippen molar-refractivity contribution in [3.8, 4) is 5.75 Å². The van der Waals surface area contributed by atoms with Gasteiger partial charge in [-0.15, -0.1) is 0 Å². The lowest BCUT2D eigenvalue weighted by atomic mass is 10.1. The van der Waals surface area contributed by atoms with E-state index in [2.05, 4.69) is 0 Å². The summed E-state index contributed by atoms with van der Waals surface area (Å²) in [6.45, 7) is 5.01. The first kappa shape index (κ1) is 14.4. The number of hydrogen-bond acceptors (Lipinski definition) is 4. The Hall–Kier alpha value is -2.04. The largest absolute Gasteiger partial charge is 0.494 e. The summed E-state index contributed by atoms with van der Waals surface area (Å²) in [7, 11) is 0. The van der Waals surface area contributed by atoms with Gasteiger partial charge in [-0.2, -0.15) is 0 Å². The van der Waals surface area contributed by atoms with Crippen LogP contribution in [0.4, 0.5) is 5.69 Å². The van der Waals surface area contributed by atoms with Crippen LogP contribution in [0.2, 0.25) is 0 Å². The van der Waals surface area contributed by atoms with E-state index in [0.29, 0.717) is 19.8 Å². The number of amides is 1. The van der Waals surface area contributed by atoms with Gasteiger partial charge in [0.25, 0.3) is 0 Å². The molecule has 0 saturated carbocycles. The summed E-state index contributed by atoms with van der Waals surface area (Å²) in [6, 6.07) is 7.31. The topological polar surface area (TPSA) is 55.8 Å². The minimum Gasteiger partial charge on any atom is -0.494 e. The Labute approximate surface area is 118 Å². The third kappa shape index (κ3) is 3.10. The van der Waals surface area contributed by atoms with Gasteiger partial charge < -0.3 is 14.4 Å². The van der Waals surface area contributed by atoms with Gasteiger partial charge in [-0.05, 0) is 38.1 Å². The van der Waals surface area contributed by atoms with Crippen LogP contribution in [0, 0.1) is 5.92 Å². The molecule has 0 radical (unpaired) electrons. The van der Waals surface area contributed by atoms with Crippen LogP contribution in [0.25, 0.3) is 0 Å². The van der Waals surface area contributed by atoms with Crippen LogP contribution in [0.1, 0.15) is 20.3 Å². The highest BCUT2D eigenvalue weighted by molar-refractivity contribution is 5.99. The van der Waals surface area contributed by atoms with Gasteiger partial charge in [0.1, 0.15) is 5.75 Å². The maximum Gasteiger partial charge on any atom is 0.311 e. The van der Waals surface area contributed by atoms with E-state index in [4.69, 9.17) is 9.47 Å². The fourth-order valence-electron chi connectivity index (χ4n) is 2.26. The van der Waals surface area contributed by atoms with Crippen molar-refractivity contribution < 1.29 is 19.1 Å². The molecule has 1 saturated heterocycles. The fourth-order valence-corrected chi connectivity index (χ4v) is 2.26. The van der Waals surface area contributed by atoms with Gasteiger partial charge in [0.2, 0.25) is 5.91 Å². The number of benzene rings is 1. The van der Waals surface area contributed by atoms with Crippen LogP contribution in [0.3, 0.4) is 0 Å². The molecular formula is C15H19NO4. The van der Waals surface area contributed by atoms with Gasteiger partial charge in [0.15, 0.2) is 0 Å². The highest BCUT2D eigenvalue weighted by Crippen LogP contribution is 2.27. The van der Waals surface area contributed by atoms with Crippen LogP contribution in [0.15, 0.2) is 24.3 Å².